The molecule has 17 nitrogen and oxygen atoms in total. The predicted octanol–water partition coefficient (Wildman–Crippen LogP) is 23.1. The van der Waals surface area contributed by atoms with Crippen molar-refractivity contribution in [2.24, 2.45) is 11.8 Å². The Morgan fingerprint density at radius 3 is 0.701 bits per heavy atom. The molecule has 0 aliphatic heterocycles. The maximum atomic E-state index is 13.1. The van der Waals surface area contributed by atoms with Crippen LogP contribution >= 0.6 is 15.6 Å². The van der Waals surface area contributed by atoms with E-state index in [1.54, 1.807) is 0 Å². The summed E-state index contributed by atoms with van der Waals surface area (Å²) in [5.41, 5.74) is 0. The fraction of sp³-hybridized carbons (Fsp3) is 0.949. The standard InChI is InChI=1S/C78H152O17P2/c1-7-9-11-13-15-17-19-20-21-22-23-24-25-26-27-28-30-38-44-50-56-62-77(82)94-73(66-89-76(81)61-55-49-43-37-32-31-34-40-46-52-58-70(3)4)68-92-96(84,85)90-64-72(79)65-91-97(86,87)93-69-74(67-88-75(80)60-54-48-42-36-29-18-16-14-12-10-8-2)95-78(83)63-57-51-45-39-33-35-41-47-53-59-71(5)6/h70-74,79H,7-69H2,1-6H3,(H,84,85)(H,86,87)/t72-,73-,74-/m1/s1. The van der Waals surface area contributed by atoms with E-state index in [1.807, 2.05) is 0 Å². The van der Waals surface area contributed by atoms with Crippen LogP contribution in [0.25, 0.3) is 0 Å². The number of hydrogen-bond acceptors (Lipinski definition) is 15. The van der Waals surface area contributed by atoms with Crippen LogP contribution in [0.15, 0.2) is 0 Å². The van der Waals surface area contributed by atoms with Crippen LogP contribution < -0.4 is 0 Å². The average Bonchev–Trinajstić information content (AvgIpc) is 1.05. The third-order valence-electron chi connectivity index (χ3n) is 18.2. The number of unbranched alkanes of at least 4 members (excludes halogenated alkanes) is 47. The Bertz CT molecular complexity index is 1870. The summed E-state index contributed by atoms with van der Waals surface area (Å²) in [5, 5.41) is 10.6. The largest absolute Gasteiger partial charge is 0.472 e. The van der Waals surface area contributed by atoms with E-state index in [2.05, 4.69) is 41.5 Å². The fourth-order valence-electron chi connectivity index (χ4n) is 12.0. The first kappa shape index (κ1) is 95.1. The van der Waals surface area contributed by atoms with Crippen LogP contribution in [0.4, 0.5) is 0 Å². The van der Waals surface area contributed by atoms with E-state index in [4.69, 9.17) is 37.0 Å². The van der Waals surface area contributed by atoms with Crippen LogP contribution in [0.3, 0.4) is 0 Å². The first-order valence-electron chi connectivity index (χ1n) is 40.5. The Balaban J connectivity index is 5.21. The molecule has 3 N–H and O–H groups in total. The van der Waals surface area contributed by atoms with E-state index in [9.17, 15) is 43.2 Å². The molecule has 0 aromatic carbocycles. The molecule has 0 saturated heterocycles. The van der Waals surface area contributed by atoms with Gasteiger partial charge >= 0.3 is 39.5 Å². The van der Waals surface area contributed by atoms with Crippen molar-refractivity contribution in [1.82, 2.24) is 0 Å². The second kappa shape index (κ2) is 69.8. The van der Waals surface area contributed by atoms with E-state index < -0.39 is 97.5 Å². The molecule has 0 aromatic heterocycles. The zero-order valence-corrected chi connectivity index (χ0v) is 65.2. The van der Waals surface area contributed by atoms with Crippen molar-refractivity contribution in [3.05, 3.63) is 0 Å². The first-order valence-corrected chi connectivity index (χ1v) is 43.5. The van der Waals surface area contributed by atoms with E-state index >= 15 is 0 Å². The lowest BCUT2D eigenvalue weighted by molar-refractivity contribution is -0.161. The van der Waals surface area contributed by atoms with Crippen molar-refractivity contribution in [3.8, 4) is 0 Å². The first-order chi connectivity index (χ1) is 46.9. The highest BCUT2D eigenvalue weighted by Crippen LogP contribution is 2.45. The summed E-state index contributed by atoms with van der Waals surface area (Å²) in [5.74, 6) is -0.619. The molecule has 0 aliphatic rings. The van der Waals surface area contributed by atoms with Crippen LogP contribution in [0.1, 0.15) is 408 Å². The minimum atomic E-state index is -4.96. The van der Waals surface area contributed by atoms with Gasteiger partial charge < -0.3 is 33.8 Å². The Kier molecular flexibility index (Phi) is 68.4. The molecule has 0 rings (SSSR count). The second-order valence-electron chi connectivity index (χ2n) is 29.1. The number of ether oxygens (including phenoxy) is 4. The number of phosphoric ester groups is 2. The molecule has 2 unspecified atom stereocenters. The molecule has 97 heavy (non-hydrogen) atoms. The number of hydrogen-bond donors (Lipinski definition) is 3. The summed E-state index contributed by atoms with van der Waals surface area (Å²) in [6.07, 6.45) is 58.3. The van der Waals surface area contributed by atoms with Gasteiger partial charge in [0.25, 0.3) is 0 Å². The molecule has 0 saturated carbocycles. The smallest absolute Gasteiger partial charge is 0.462 e. The van der Waals surface area contributed by atoms with Gasteiger partial charge in [-0.05, 0) is 37.5 Å². The van der Waals surface area contributed by atoms with Gasteiger partial charge in [0.15, 0.2) is 12.2 Å². The molecule has 0 bridgehead atoms. The SMILES string of the molecule is CCCCCCCCCCCCCCCCCCCCCCCC(=O)O[C@H](COC(=O)CCCCCCCCCCCCC(C)C)COP(=O)(O)OC[C@@H](O)COP(=O)(O)OC[C@@H](COC(=O)CCCCCCCCCCCCC)OC(=O)CCCCCCCCCCCC(C)C. The lowest BCUT2D eigenvalue weighted by Crippen LogP contribution is -2.30. The molecule has 0 heterocycles. The maximum absolute atomic E-state index is 13.1. The quantitative estimate of drug-likeness (QED) is 0.0222. The molecule has 576 valence electrons. The van der Waals surface area contributed by atoms with Gasteiger partial charge in [-0.3, -0.25) is 37.3 Å². The molecule has 0 radical (unpaired) electrons. The third-order valence-corrected chi connectivity index (χ3v) is 20.1. The Morgan fingerprint density at radius 2 is 0.474 bits per heavy atom. The monoisotopic (exact) mass is 1420 g/mol. The molecular weight excluding hydrogens is 1270 g/mol. The number of aliphatic hydroxyl groups excluding tert-OH is 1. The summed E-state index contributed by atoms with van der Waals surface area (Å²) >= 11 is 0. The summed E-state index contributed by atoms with van der Waals surface area (Å²) < 4.78 is 68.6. The third kappa shape index (κ3) is 72.2. The van der Waals surface area contributed by atoms with E-state index in [0.29, 0.717) is 25.7 Å². The number of aliphatic hydroxyl groups is 1. The molecule has 0 fully saturated rings. The molecular formula is C78H152O17P2. The summed E-state index contributed by atoms with van der Waals surface area (Å²) in [6.45, 7) is 9.57. The molecule has 0 amide bonds. The van der Waals surface area contributed by atoms with Crippen molar-refractivity contribution in [2.45, 2.75) is 426 Å². The van der Waals surface area contributed by atoms with E-state index in [1.165, 1.54) is 225 Å². The number of esters is 4. The fourth-order valence-corrected chi connectivity index (χ4v) is 13.6. The zero-order chi connectivity index (χ0) is 71.4. The van der Waals surface area contributed by atoms with Gasteiger partial charge in [-0.15, -0.1) is 0 Å². The molecule has 0 aliphatic carbocycles. The van der Waals surface area contributed by atoms with Gasteiger partial charge in [0.2, 0.25) is 0 Å². The van der Waals surface area contributed by atoms with Gasteiger partial charge in [0, 0.05) is 25.7 Å². The van der Waals surface area contributed by atoms with Gasteiger partial charge in [-0.1, -0.05) is 356 Å². The van der Waals surface area contributed by atoms with Crippen molar-refractivity contribution < 1.29 is 80.2 Å². The highest BCUT2D eigenvalue weighted by Gasteiger charge is 2.30. The lowest BCUT2D eigenvalue weighted by atomic mass is 10.0. The normalized spacial score (nSPS) is 14.0. The van der Waals surface area contributed by atoms with Crippen LogP contribution in [0, 0.1) is 11.8 Å². The highest BCUT2D eigenvalue weighted by atomic mass is 31.2. The van der Waals surface area contributed by atoms with Gasteiger partial charge in [0.05, 0.1) is 26.4 Å². The van der Waals surface area contributed by atoms with Crippen molar-refractivity contribution in [3.63, 3.8) is 0 Å². The molecule has 5 atom stereocenters. The van der Waals surface area contributed by atoms with Gasteiger partial charge in [0.1, 0.15) is 19.3 Å². The number of carbonyl (C=O) groups is 4. The number of carbonyl (C=O) groups excluding carboxylic acids is 4. The highest BCUT2D eigenvalue weighted by molar-refractivity contribution is 7.47. The summed E-state index contributed by atoms with van der Waals surface area (Å²) in [4.78, 5) is 72.9. The summed E-state index contributed by atoms with van der Waals surface area (Å²) in [6, 6.07) is 0. The van der Waals surface area contributed by atoms with E-state index in [-0.39, 0.29) is 25.7 Å². The Hall–Kier alpha value is -1.94. The lowest BCUT2D eigenvalue weighted by Gasteiger charge is -2.21. The predicted molar refractivity (Wildman–Crippen MR) is 395 cm³/mol. The molecule has 0 spiro atoms. The van der Waals surface area contributed by atoms with Gasteiger partial charge in [-0.25, -0.2) is 9.13 Å². The molecule has 0 aromatic rings. The van der Waals surface area contributed by atoms with Crippen molar-refractivity contribution >= 4 is 39.5 Å². The van der Waals surface area contributed by atoms with Crippen LogP contribution in [-0.2, 0) is 65.4 Å². The Morgan fingerprint density at radius 1 is 0.278 bits per heavy atom. The summed E-state index contributed by atoms with van der Waals surface area (Å²) in [7, 11) is -9.91. The minimum Gasteiger partial charge on any atom is -0.462 e. The second-order valence-corrected chi connectivity index (χ2v) is 32.0. The minimum absolute atomic E-state index is 0.106. The Labute approximate surface area is 594 Å². The van der Waals surface area contributed by atoms with Crippen LogP contribution in [-0.4, -0.2) is 96.7 Å². The van der Waals surface area contributed by atoms with E-state index in [0.717, 1.165) is 102 Å². The zero-order valence-electron chi connectivity index (χ0n) is 63.4. The van der Waals surface area contributed by atoms with Crippen molar-refractivity contribution in [2.75, 3.05) is 39.6 Å². The number of rotatable bonds is 77. The van der Waals surface area contributed by atoms with Crippen molar-refractivity contribution in [1.29, 1.82) is 0 Å². The average molecular weight is 1420 g/mol. The molecule has 19 heteroatoms. The van der Waals surface area contributed by atoms with Crippen LogP contribution in [0.5, 0.6) is 0 Å². The van der Waals surface area contributed by atoms with Crippen LogP contribution in [0.2, 0.25) is 0 Å². The number of phosphoric acid groups is 2. The maximum Gasteiger partial charge on any atom is 0.472 e. The topological polar surface area (TPSA) is 237 Å². The van der Waals surface area contributed by atoms with Gasteiger partial charge in [-0.2, -0.15) is 0 Å².